The number of aliphatic hydroxyl groups is 1. The molecular weight excluding hydrogens is 521 g/mol. The summed E-state index contributed by atoms with van der Waals surface area (Å²) in [6, 6.07) is 0. The van der Waals surface area contributed by atoms with Crippen molar-refractivity contribution in [3.05, 3.63) is 32.6 Å². The Balaban J connectivity index is 2.22. The van der Waals surface area contributed by atoms with E-state index in [0.717, 1.165) is 17.7 Å². The van der Waals surface area contributed by atoms with E-state index in [9.17, 15) is 38.1 Å². The number of nitrogens with one attached hydrogen (secondary N) is 1. The number of aryl methyl sites for hydroxylation is 1. The van der Waals surface area contributed by atoms with E-state index in [-0.39, 0.29) is 5.56 Å². The van der Waals surface area contributed by atoms with E-state index in [0.29, 0.717) is 0 Å². The molecule has 1 aliphatic heterocycles. The van der Waals surface area contributed by atoms with Gasteiger partial charge in [-0.15, -0.1) is 0 Å². The monoisotopic (exact) mass is 540 g/mol. The number of carbonyl (C=O) groups excluding carboxylic acids is 1. The van der Waals surface area contributed by atoms with Gasteiger partial charge in [0.1, 0.15) is 18.3 Å². The molecule has 1 saturated heterocycles. The Morgan fingerprint density at radius 3 is 2.30 bits per heavy atom. The smallest absolute Gasteiger partial charge is 0.457 e. The molecular formula is C12H19N2O16P3. The SMILES string of the molecule is CC(=O)O[C@@H]1[C@H](O)[C@@H](COP(=O)(O)OP(=O)(O)OP(=O)(O)O)O[C@H]1c1cn(C)c(=O)[nH]c1=O. The molecule has 188 valence electrons. The normalized spacial score (nSPS) is 27.0. The molecule has 0 aromatic carbocycles. The van der Waals surface area contributed by atoms with Crippen molar-refractivity contribution in [2.45, 2.75) is 31.3 Å². The second-order valence-electron chi connectivity index (χ2n) is 6.50. The minimum atomic E-state index is -5.77. The van der Waals surface area contributed by atoms with E-state index in [2.05, 4.69) is 13.1 Å². The highest BCUT2D eigenvalue weighted by molar-refractivity contribution is 7.66. The Kier molecular flexibility index (Phi) is 8.40. The summed E-state index contributed by atoms with van der Waals surface area (Å²) in [7, 11) is -15.6. The van der Waals surface area contributed by atoms with Crippen molar-refractivity contribution in [2.75, 3.05) is 6.61 Å². The molecule has 2 heterocycles. The summed E-state index contributed by atoms with van der Waals surface area (Å²) in [5.74, 6) is -0.901. The molecule has 0 radical (unpaired) electrons. The van der Waals surface area contributed by atoms with Crippen molar-refractivity contribution in [1.82, 2.24) is 9.55 Å². The van der Waals surface area contributed by atoms with Gasteiger partial charge in [0.05, 0.1) is 12.2 Å². The third-order valence-electron chi connectivity index (χ3n) is 3.90. The van der Waals surface area contributed by atoms with Gasteiger partial charge in [-0.05, 0) is 0 Å². The summed E-state index contributed by atoms with van der Waals surface area (Å²) in [5, 5.41) is 10.4. The molecule has 1 aliphatic rings. The molecule has 6 atom stereocenters. The molecule has 18 nitrogen and oxygen atoms in total. The van der Waals surface area contributed by atoms with Gasteiger partial charge in [-0.2, -0.15) is 8.62 Å². The van der Waals surface area contributed by atoms with Gasteiger partial charge in [-0.1, -0.05) is 0 Å². The van der Waals surface area contributed by atoms with Crippen LogP contribution < -0.4 is 11.2 Å². The Labute approximate surface area is 183 Å². The van der Waals surface area contributed by atoms with Gasteiger partial charge in [0.25, 0.3) is 5.56 Å². The third kappa shape index (κ3) is 7.75. The van der Waals surface area contributed by atoms with Crippen LogP contribution in [0.15, 0.2) is 15.8 Å². The van der Waals surface area contributed by atoms with Gasteiger partial charge in [-0.25, -0.2) is 18.5 Å². The number of ether oxygens (including phenoxy) is 2. The average molecular weight is 540 g/mol. The minimum Gasteiger partial charge on any atom is -0.457 e. The summed E-state index contributed by atoms with van der Waals surface area (Å²) in [6.07, 6.45) is -5.35. The van der Waals surface area contributed by atoms with Crippen LogP contribution in [0.4, 0.5) is 0 Å². The molecule has 0 bridgehead atoms. The predicted octanol–water partition coefficient (Wildman–Crippen LogP) is -1.85. The number of esters is 1. The van der Waals surface area contributed by atoms with Crippen LogP contribution in [0.1, 0.15) is 18.6 Å². The molecule has 6 N–H and O–H groups in total. The van der Waals surface area contributed by atoms with Crippen molar-refractivity contribution >= 4 is 29.4 Å². The first-order chi connectivity index (χ1) is 14.9. The van der Waals surface area contributed by atoms with E-state index in [1.165, 1.54) is 7.05 Å². The van der Waals surface area contributed by atoms with Crippen LogP contribution in [-0.4, -0.2) is 65.1 Å². The summed E-state index contributed by atoms with van der Waals surface area (Å²) < 4.78 is 56.7. The predicted molar refractivity (Wildman–Crippen MR) is 101 cm³/mol. The maximum atomic E-state index is 12.2. The van der Waals surface area contributed by atoms with E-state index < -0.39 is 71.7 Å². The second kappa shape index (κ2) is 10.00. The lowest BCUT2D eigenvalue weighted by atomic mass is 10.0. The zero-order valence-corrected chi connectivity index (χ0v) is 19.3. The first-order valence-corrected chi connectivity index (χ1v) is 13.0. The molecule has 0 aliphatic carbocycles. The molecule has 2 rings (SSSR count). The fraction of sp³-hybridized carbons (Fsp3) is 0.583. The van der Waals surface area contributed by atoms with Crippen LogP contribution in [0.5, 0.6) is 0 Å². The average Bonchev–Trinajstić information content (AvgIpc) is 2.89. The first kappa shape index (κ1) is 27.7. The van der Waals surface area contributed by atoms with E-state index in [1.807, 2.05) is 4.98 Å². The molecule has 0 amide bonds. The van der Waals surface area contributed by atoms with Crippen molar-refractivity contribution in [3.8, 4) is 0 Å². The van der Waals surface area contributed by atoms with Gasteiger partial charge in [0.2, 0.25) is 0 Å². The van der Waals surface area contributed by atoms with Gasteiger partial charge < -0.3 is 38.7 Å². The molecule has 1 aromatic heterocycles. The molecule has 0 spiro atoms. The largest absolute Gasteiger partial charge is 0.490 e. The highest BCUT2D eigenvalue weighted by Gasteiger charge is 2.49. The van der Waals surface area contributed by atoms with Gasteiger partial charge in [0, 0.05) is 20.2 Å². The molecule has 33 heavy (non-hydrogen) atoms. The lowest BCUT2D eigenvalue weighted by Crippen LogP contribution is -2.38. The van der Waals surface area contributed by atoms with Gasteiger partial charge in [0.15, 0.2) is 6.10 Å². The summed E-state index contributed by atoms with van der Waals surface area (Å²) >= 11 is 0. The highest BCUT2D eigenvalue weighted by Crippen LogP contribution is 2.66. The van der Waals surface area contributed by atoms with E-state index >= 15 is 0 Å². The van der Waals surface area contributed by atoms with Crippen LogP contribution in [0.3, 0.4) is 0 Å². The highest BCUT2D eigenvalue weighted by atomic mass is 31.3. The maximum absolute atomic E-state index is 12.2. The zero-order valence-electron chi connectivity index (χ0n) is 16.6. The molecule has 1 aromatic rings. The standard InChI is InChI=1S/C12H19N2O16P3/c1-5(15)27-10-8(16)7(28-9(10)6-3-14(2)12(18)13-11(6)17)4-26-32(22,23)30-33(24,25)29-31(19,20)21/h3,7-10,16H,4H2,1-2H3,(H,22,23)(H,24,25)(H,13,17,18)(H2,19,20,21)/t7-,8-,9+,10-/m1/s1. The summed E-state index contributed by atoms with van der Waals surface area (Å²) in [5.41, 5.74) is -1.99. The third-order valence-corrected chi connectivity index (χ3v) is 7.70. The number of H-pyrrole nitrogens is 1. The van der Waals surface area contributed by atoms with Crippen LogP contribution in [-0.2, 0) is 48.2 Å². The number of carbonyl (C=O) groups is 1. The molecule has 2 unspecified atom stereocenters. The number of aliphatic hydroxyl groups excluding tert-OH is 1. The van der Waals surface area contributed by atoms with Gasteiger partial charge in [-0.3, -0.25) is 19.1 Å². The van der Waals surface area contributed by atoms with E-state index in [1.54, 1.807) is 0 Å². The lowest BCUT2D eigenvalue weighted by molar-refractivity contribution is -0.153. The number of phosphoric ester groups is 1. The fourth-order valence-corrected chi connectivity index (χ4v) is 5.74. The Bertz CT molecular complexity index is 1150. The second-order valence-corrected chi connectivity index (χ2v) is 10.9. The number of aromatic nitrogens is 2. The van der Waals surface area contributed by atoms with E-state index in [4.69, 9.17) is 24.2 Å². The number of aromatic amines is 1. The Morgan fingerprint density at radius 1 is 1.15 bits per heavy atom. The first-order valence-electron chi connectivity index (χ1n) is 8.50. The fourth-order valence-electron chi connectivity index (χ4n) is 2.71. The zero-order chi connectivity index (χ0) is 25.4. The number of nitrogens with zero attached hydrogens (tertiary/aromatic N) is 1. The quantitative estimate of drug-likeness (QED) is 0.148. The number of phosphoric acid groups is 3. The van der Waals surface area contributed by atoms with Crippen LogP contribution in [0, 0.1) is 0 Å². The van der Waals surface area contributed by atoms with Crippen molar-refractivity contribution in [3.63, 3.8) is 0 Å². The molecule has 1 fully saturated rings. The number of hydrogen-bond acceptors (Lipinski definition) is 12. The minimum absolute atomic E-state index is 0.261. The summed E-state index contributed by atoms with van der Waals surface area (Å²) in [6.45, 7) is -0.0864. The van der Waals surface area contributed by atoms with Crippen LogP contribution in [0.2, 0.25) is 0 Å². The molecule has 21 heteroatoms. The molecule has 0 saturated carbocycles. The lowest BCUT2D eigenvalue weighted by Gasteiger charge is -2.20. The van der Waals surface area contributed by atoms with Gasteiger partial charge >= 0.3 is 35.1 Å². The topological polar surface area (TPSA) is 270 Å². The summed E-state index contributed by atoms with van der Waals surface area (Å²) in [4.78, 5) is 72.8. The van der Waals surface area contributed by atoms with Crippen molar-refractivity contribution < 1.29 is 65.8 Å². The number of hydrogen-bond donors (Lipinski definition) is 6. The van der Waals surface area contributed by atoms with Crippen LogP contribution >= 0.6 is 23.5 Å². The Hall–Kier alpha value is -1.52. The number of rotatable bonds is 9. The van der Waals surface area contributed by atoms with Crippen molar-refractivity contribution in [1.29, 1.82) is 0 Å². The maximum Gasteiger partial charge on any atom is 0.490 e. The van der Waals surface area contributed by atoms with Crippen molar-refractivity contribution in [2.24, 2.45) is 7.05 Å². The van der Waals surface area contributed by atoms with Crippen LogP contribution in [0.25, 0.3) is 0 Å². The Morgan fingerprint density at radius 2 is 1.76 bits per heavy atom.